The number of benzene rings is 1. The van der Waals surface area contributed by atoms with Crippen molar-refractivity contribution in [1.82, 2.24) is 4.90 Å². The van der Waals surface area contributed by atoms with Gasteiger partial charge >= 0.3 is 0 Å². The molecule has 1 saturated heterocycles. The van der Waals surface area contributed by atoms with E-state index in [0.29, 0.717) is 11.8 Å². The third-order valence-electron chi connectivity index (χ3n) is 5.02. The highest BCUT2D eigenvalue weighted by Crippen LogP contribution is 2.40. The first-order chi connectivity index (χ1) is 11.0. The van der Waals surface area contributed by atoms with Gasteiger partial charge in [-0.05, 0) is 43.0 Å². The maximum absolute atomic E-state index is 12.9. The number of carbonyl (C=O) groups excluding carboxylic acids is 1. The first kappa shape index (κ1) is 16.3. The Hall–Kier alpha value is -1.55. The summed E-state index contributed by atoms with van der Waals surface area (Å²) in [6.45, 7) is 5.98. The number of fused-ring (bicyclic) bond motifs is 2. The van der Waals surface area contributed by atoms with Crippen LogP contribution in [-0.4, -0.2) is 50.2 Å². The summed E-state index contributed by atoms with van der Waals surface area (Å²) in [6, 6.07) is 8.16. The second kappa shape index (κ2) is 6.52. The summed E-state index contributed by atoms with van der Waals surface area (Å²) < 4.78 is 6.12. The van der Waals surface area contributed by atoms with Gasteiger partial charge in [0.25, 0.3) is 5.91 Å². The Labute approximate surface area is 139 Å². The van der Waals surface area contributed by atoms with Gasteiger partial charge in [-0.1, -0.05) is 13.8 Å². The summed E-state index contributed by atoms with van der Waals surface area (Å²) in [5, 5.41) is 0. The van der Waals surface area contributed by atoms with Gasteiger partial charge in [-0.25, -0.2) is 0 Å². The van der Waals surface area contributed by atoms with E-state index < -0.39 is 0 Å². The lowest BCUT2D eigenvalue weighted by Gasteiger charge is -2.27. The van der Waals surface area contributed by atoms with Gasteiger partial charge in [0, 0.05) is 44.4 Å². The highest BCUT2D eigenvalue weighted by atomic mass is 16.5. The highest BCUT2D eigenvalue weighted by Gasteiger charge is 2.49. The van der Waals surface area contributed by atoms with Crippen LogP contribution in [0.3, 0.4) is 0 Å². The molecule has 1 aliphatic carbocycles. The summed E-state index contributed by atoms with van der Waals surface area (Å²) in [5.41, 5.74) is 1.90. The third-order valence-corrected chi connectivity index (χ3v) is 5.02. The van der Waals surface area contributed by atoms with Crippen molar-refractivity contribution in [3.8, 4) is 0 Å². The number of hydrogen-bond donors (Lipinski definition) is 0. The molecular formula is C19H28N2O2. The molecule has 0 radical (unpaired) electrons. The molecule has 1 aliphatic heterocycles. The molecule has 2 bridgehead atoms. The van der Waals surface area contributed by atoms with Crippen molar-refractivity contribution in [1.29, 1.82) is 0 Å². The van der Waals surface area contributed by atoms with Crippen LogP contribution in [0, 0.1) is 11.8 Å². The molecule has 1 saturated carbocycles. The molecule has 1 aromatic rings. The van der Waals surface area contributed by atoms with Crippen LogP contribution in [0.5, 0.6) is 0 Å². The van der Waals surface area contributed by atoms with Crippen molar-refractivity contribution < 1.29 is 9.53 Å². The van der Waals surface area contributed by atoms with E-state index in [1.54, 1.807) is 0 Å². The van der Waals surface area contributed by atoms with Crippen molar-refractivity contribution in [2.75, 3.05) is 32.1 Å². The summed E-state index contributed by atoms with van der Waals surface area (Å²) in [4.78, 5) is 16.9. The van der Waals surface area contributed by atoms with Crippen molar-refractivity contribution in [3.63, 3.8) is 0 Å². The first-order valence-electron chi connectivity index (χ1n) is 8.67. The maximum Gasteiger partial charge on any atom is 0.254 e. The molecule has 3 rings (SSSR count). The topological polar surface area (TPSA) is 32.8 Å². The van der Waals surface area contributed by atoms with E-state index >= 15 is 0 Å². The van der Waals surface area contributed by atoms with E-state index in [-0.39, 0.29) is 18.1 Å². The minimum absolute atomic E-state index is 0.153. The Morgan fingerprint density at radius 1 is 1.26 bits per heavy atom. The minimum Gasteiger partial charge on any atom is -0.378 e. The van der Waals surface area contributed by atoms with Gasteiger partial charge in [0.2, 0.25) is 0 Å². The monoisotopic (exact) mass is 316 g/mol. The standard InChI is InChI=1S/C19H28N2O2/c1-13(2)12-23-18-15-7-10-17(18)21(11-15)19(22)14-5-8-16(9-6-14)20(3)4/h5-6,8-9,13,15,17-18H,7,10-12H2,1-4H3/t15-,17-,18-/m1/s1. The normalized spacial score (nSPS) is 26.1. The Balaban J connectivity index is 1.69. The molecule has 0 unspecified atom stereocenters. The predicted octanol–water partition coefficient (Wildman–Crippen LogP) is 3.03. The molecular weight excluding hydrogens is 288 g/mol. The second-order valence-electron chi connectivity index (χ2n) is 7.50. The number of ether oxygens (including phenoxy) is 1. The number of carbonyl (C=O) groups is 1. The molecule has 4 nitrogen and oxygen atoms in total. The molecule has 23 heavy (non-hydrogen) atoms. The summed E-state index contributed by atoms with van der Waals surface area (Å²) >= 11 is 0. The predicted molar refractivity (Wildman–Crippen MR) is 92.9 cm³/mol. The number of rotatable bonds is 5. The Kier molecular flexibility index (Phi) is 4.62. The zero-order valence-electron chi connectivity index (χ0n) is 14.7. The van der Waals surface area contributed by atoms with E-state index in [1.807, 2.05) is 48.2 Å². The maximum atomic E-state index is 12.9. The van der Waals surface area contributed by atoms with E-state index in [0.717, 1.165) is 30.8 Å². The summed E-state index contributed by atoms with van der Waals surface area (Å²) in [6.07, 6.45) is 2.51. The van der Waals surface area contributed by atoms with E-state index in [2.05, 4.69) is 13.8 Å². The fourth-order valence-corrected chi connectivity index (χ4v) is 3.80. The molecule has 0 spiro atoms. The average Bonchev–Trinajstić information content (AvgIpc) is 3.09. The number of nitrogens with zero attached hydrogens (tertiary/aromatic N) is 2. The number of piperidine rings is 1. The largest absolute Gasteiger partial charge is 0.378 e. The molecule has 3 atom stereocenters. The van der Waals surface area contributed by atoms with E-state index in [9.17, 15) is 4.79 Å². The highest BCUT2D eigenvalue weighted by molar-refractivity contribution is 5.95. The second-order valence-corrected chi connectivity index (χ2v) is 7.50. The van der Waals surface area contributed by atoms with Crippen LogP contribution in [0.1, 0.15) is 37.0 Å². The fraction of sp³-hybridized carbons (Fsp3) is 0.632. The zero-order chi connectivity index (χ0) is 16.6. The molecule has 1 amide bonds. The minimum atomic E-state index is 0.153. The van der Waals surface area contributed by atoms with Crippen LogP contribution in [-0.2, 0) is 4.74 Å². The van der Waals surface area contributed by atoms with Gasteiger partial charge < -0.3 is 14.5 Å². The average molecular weight is 316 g/mol. The SMILES string of the molecule is CC(C)CO[C@@H]1[C@@H]2CC[C@H]1N(C(=O)c1ccc(N(C)C)cc1)C2. The van der Waals surface area contributed by atoms with Gasteiger partial charge in [0.1, 0.15) is 0 Å². The van der Waals surface area contributed by atoms with Gasteiger partial charge in [-0.15, -0.1) is 0 Å². The molecule has 4 heteroatoms. The first-order valence-corrected chi connectivity index (χ1v) is 8.67. The van der Waals surface area contributed by atoms with Gasteiger partial charge in [-0.3, -0.25) is 4.79 Å². The van der Waals surface area contributed by atoms with Gasteiger partial charge in [0.05, 0.1) is 12.1 Å². The lowest BCUT2D eigenvalue weighted by Crippen LogP contribution is -2.40. The van der Waals surface area contributed by atoms with Crippen LogP contribution in [0.25, 0.3) is 0 Å². The number of amides is 1. The van der Waals surface area contributed by atoms with Crippen LogP contribution < -0.4 is 4.90 Å². The summed E-state index contributed by atoms with van der Waals surface area (Å²) in [5.74, 6) is 1.21. The molecule has 0 aromatic heterocycles. The lowest BCUT2D eigenvalue weighted by atomic mass is 10.1. The molecule has 2 fully saturated rings. The molecule has 0 N–H and O–H groups in total. The van der Waals surface area contributed by atoms with E-state index in [1.165, 1.54) is 6.42 Å². The zero-order valence-corrected chi connectivity index (χ0v) is 14.7. The molecule has 126 valence electrons. The van der Waals surface area contributed by atoms with E-state index in [4.69, 9.17) is 4.74 Å². The lowest BCUT2D eigenvalue weighted by molar-refractivity contribution is 0.0130. The van der Waals surface area contributed by atoms with Gasteiger partial charge in [0.15, 0.2) is 0 Å². The van der Waals surface area contributed by atoms with Crippen LogP contribution in [0.15, 0.2) is 24.3 Å². The molecule has 1 aromatic carbocycles. The number of anilines is 1. The molecule has 2 aliphatic rings. The van der Waals surface area contributed by atoms with Crippen molar-refractivity contribution >= 4 is 11.6 Å². The molecule has 1 heterocycles. The third kappa shape index (κ3) is 3.23. The van der Waals surface area contributed by atoms with Crippen LogP contribution in [0.2, 0.25) is 0 Å². The number of likely N-dealkylation sites (tertiary alicyclic amines) is 1. The number of hydrogen-bond acceptors (Lipinski definition) is 3. The Morgan fingerprint density at radius 3 is 2.57 bits per heavy atom. The fourth-order valence-electron chi connectivity index (χ4n) is 3.80. The van der Waals surface area contributed by atoms with Crippen LogP contribution in [0.4, 0.5) is 5.69 Å². The van der Waals surface area contributed by atoms with Crippen molar-refractivity contribution in [2.45, 2.75) is 38.8 Å². The van der Waals surface area contributed by atoms with Gasteiger partial charge in [-0.2, -0.15) is 0 Å². The summed E-state index contributed by atoms with van der Waals surface area (Å²) in [7, 11) is 4.01. The van der Waals surface area contributed by atoms with Crippen molar-refractivity contribution in [2.24, 2.45) is 11.8 Å². The smallest absolute Gasteiger partial charge is 0.254 e. The quantitative estimate of drug-likeness (QED) is 0.837. The Bertz CT molecular complexity index is 553. The Morgan fingerprint density at radius 2 is 1.96 bits per heavy atom. The van der Waals surface area contributed by atoms with Crippen LogP contribution >= 0.6 is 0 Å². The van der Waals surface area contributed by atoms with Crippen molar-refractivity contribution in [3.05, 3.63) is 29.8 Å².